The second-order valence-corrected chi connectivity index (χ2v) is 6.18. The molecule has 1 unspecified atom stereocenters. The first-order valence-electron chi connectivity index (χ1n) is 8.94. The van der Waals surface area contributed by atoms with Crippen molar-refractivity contribution in [3.05, 3.63) is 78.4 Å². The number of carbonyl (C=O) groups excluding carboxylic acids is 2. The molecule has 0 saturated carbocycles. The highest BCUT2D eigenvalue weighted by Gasteiger charge is 2.19. The molecular weight excluding hydrogens is 340 g/mol. The van der Waals surface area contributed by atoms with Crippen LogP contribution in [0.3, 0.4) is 0 Å². The Labute approximate surface area is 158 Å². The molecule has 3 rings (SSSR count). The van der Waals surface area contributed by atoms with E-state index in [-0.39, 0.29) is 18.2 Å². The molecule has 0 aliphatic rings. The van der Waals surface area contributed by atoms with Gasteiger partial charge in [-0.1, -0.05) is 67.6 Å². The van der Waals surface area contributed by atoms with Crippen molar-refractivity contribution in [3.8, 4) is 5.75 Å². The van der Waals surface area contributed by atoms with E-state index in [9.17, 15) is 9.59 Å². The van der Waals surface area contributed by atoms with Gasteiger partial charge in [-0.25, -0.2) is 0 Å². The van der Waals surface area contributed by atoms with E-state index in [1.54, 1.807) is 12.1 Å². The minimum absolute atomic E-state index is 0.179. The molecule has 5 nitrogen and oxygen atoms in total. The number of para-hydroxylation sites is 1. The number of hydrogen-bond donors (Lipinski definition) is 2. The summed E-state index contributed by atoms with van der Waals surface area (Å²) in [5.74, 6) is -0.0523. The van der Waals surface area contributed by atoms with Crippen molar-refractivity contribution in [2.24, 2.45) is 0 Å². The van der Waals surface area contributed by atoms with Gasteiger partial charge in [-0.3, -0.25) is 20.4 Å². The van der Waals surface area contributed by atoms with Crippen LogP contribution in [0.4, 0.5) is 0 Å². The van der Waals surface area contributed by atoms with Crippen molar-refractivity contribution in [1.82, 2.24) is 10.9 Å². The summed E-state index contributed by atoms with van der Waals surface area (Å²) >= 11 is 0. The number of hydrazine groups is 1. The zero-order valence-electron chi connectivity index (χ0n) is 15.1. The van der Waals surface area contributed by atoms with Crippen LogP contribution in [-0.4, -0.2) is 17.9 Å². The number of fused-ring (bicyclic) bond motifs is 1. The van der Waals surface area contributed by atoms with Crippen LogP contribution < -0.4 is 15.6 Å². The third-order valence-corrected chi connectivity index (χ3v) is 4.24. The Morgan fingerprint density at radius 3 is 2.37 bits per heavy atom. The summed E-state index contributed by atoms with van der Waals surface area (Å²) < 4.78 is 5.67. The number of hydrogen-bond acceptors (Lipinski definition) is 3. The molecule has 0 heterocycles. The molecule has 0 aliphatic carbocycles. The lowest BCUT2D eigenvalue weighted by molar-refractivity contribution is -0.133. The second-order valence-electron chi connectivity index (χ2n) is 6.18. The summed E-state index contributed by atoms with van der Waals surface area (Å²) in [5, 5.41) is 2.11. The Morgan fingerprint density at radius 1 is 0.889 bits per heavy atom. The molecule has 0 radical (unpaired) electrons. The summed E-state index contributed by atoms with van der Waals surface area (Å²) in [7, 11) is 0. The topological polar surface area (TPSA) is 67.4 Å². The van der Waals surface area contributed by atoms with Gasteiger partial charge in [-0.05, 0) is 34.9 Å². The van der Waals surface area contributed by atoms with Gasteiger partial charge in [-0.2, -0.15) is 0 Å². The van der Waals surface area contributed by atoms with Crippen molar-refractivity contribution >= 4 is 22.6 Å². The highest BCUT2D eigenvalue weighted by Crippen LogP contribution is 2.18. The maximum absolute atomic E-state index is 12.3. The zero-order valence-corrected chi connectivity index (χ0v) is 15.1. The SMILES string of the molecule is CCC(Oc1ccccc1)C(=O)NNC(=O)Cc1cccc2ccccc12. The van der Waals surface area contributed by atoms with E-state index >= 15 is 0 Å². The number of benzene rings is 3. The largest absolute Gasteiger partial charge is 0.481 e. The molecule has 0 saturated heterocycles. The lowest BCUT2D eigenvalue weighted by Gasteiger charge is -2.17. The highest BCUT2D eigenvalue weighted by atomic mass is 16.5. The van der Waals surface area contributed by atoms with E-state index in [4.69, 9.17) is 4.74 Å². The Bertz CT molecular complexity index is 920. The quantitative estimate of drug-likeness (QED) is 0.661. The second kappa shape index (κ2) is 8.85. The predicted molar refractivity (Wildman–Crippen MR) is 105 cm³/mol. The predicted octanol–water partition coefficient (Wildman–Crippen LogP) is 3.39. The van der Waals surface area contributed by atoms with Gasteiger partial charge in [0, 0.05) is 0 Å². The van der Waals surface area contributed by atoms with E-state index in [1.807, 2.05) is 67.6 Å². The fourth-order valence-corrected chi connectivity index (χ4v) is 2.86. The van der Waals surface area contributed by atoms with Gasteiger partial charge >= 0.3 is 0 Å². The van der Waals surface area contributed by atoms with Crippen LogP contribution in [0.5, 0.6) is 5.75 Å². The van der Waals surface area contributed by atoms with Gasteiger partial charge in [0.15, 0.2) is 6.10 Å². The summed E-state index contributed by atoms with van der Waals surface area (Å²) in [5.41, 5.74) is 5.85. The molecule has 2 N–H and O–H groups in total. The van der Waals surface area contributed by atoms with E-state index in [1.165, 1.54) is 0 Å². The lowest BCUT2D eigenvalue weighted by Crippen LogP contribution is -2.48. The molecule has 0 fully saturated rings. The monoisotopic (exact) mass is 362 g/mol. The molecule has 5 heteroatoms. The van der Waals surface area contributed by atoms with E-state index < -0.39 is 6.10 Å². The Morgan fingerprint density at radius 2 is 1.59 bits per heavy atom. The molecule has 0 spiro atoms. The highest BCUT2D eigenvalue weighted by molar-refractivity contribution is 5.91. The van der Waals surface area contributed by atoms with Crippen LogP contribution in [0.15, 0.2) is 72.8 Å². The maximum Gasteiger partial charge on any atom is 0.279 e. The number of carbonyl (C=O) groups is 2. The van der Waals surface area contributed by atoms with Gasteiger partial charge < -0.3 is 4.74 Å². The summed E-state index contributed by atoms with van der Waals surface area (Å²) in [6.07, 6.45) is -0.0111. The van der Waals surface area contributed by atoms with Gasteiger partial charge in [0.25, 0.3) is 5.91 Å². The van der Waals surface area contributed by atoms with Crippen LogP contribution in [-0.2, 0) is 16.0 Å². The molecule has 0 aliphatic heterocycles. The molecule has 2 amide bonds. The average molecular weight is 362 g/mol. The standard InChI is InChI=1S/C22H22N2O3/c1-2-20(27-18-12-4-3-5-13-18)22(26)24-23-21(25)15-17-11-8-10-16-9-6-7-14-19(16)17/h3-14,20H,2,15H2,1H3,(H,23,25)(H,24,26). The summed E-state index contributed by atoms with van der Waals surface area (Å²) in [4.78, 5) is 24.6. The first-order valence-corrected chi connectivity index (χ1v) is 8.94. The van der Waals surface area contributed by atoms with E-state index in [0.717, 1.165) is 16.3 Å². The third-order valence-electron chi connectivity index (χ3n) is 4.24. The van der Waals surface area contributed by atoms with E-state index in [0.29, 0.717) is 12.2 Å². The van der Waals surface area contributed by atoms with Crippen LogP contribution in [0.25, 0.3) is 10.8 Å². The van der Waals surface area contributed by atoms with Crippen LogP contribution >= 0.6 is 0 Å². The maximum atomic E-state index is 12.3. The number of rotatable bonds is 6. The van der Waals surface area contributed by atoms with Crippen molar-refractivity contribution < 1.29 is 14.3 Å². The van der Waals surface area contributed by atoms with Gasteiger partial charge in [0.05, 0.1) is 6.42 Å². The minimum Gasteiger partial charge on any atom is -0.481 e. The smallest absolute Gasteiger partial charge is 0.279 e. The first kappa shape index (κ1) is 18.5. The van der Waals surface area contributed by atoms with E-state index in [2.05, 4.69) is 10.9 Å². The molecule has 0 aromatic heterocycles. The molecular formula is C22H22N2O3. The van der Waals surface area contributed by atoms with Crippen LogP contribution in [0, 0.1) is 0 Å². The Kier molecular flexibility index (Phi) is 6.05. The van der Waals surface area contributed by atoms with Crippen molar-refractivity contribution in [3.63, 3.8) is 0 Å². The zero-order chi connectivity index (χ0) is 19.1. The number of amides is 2. The molecule has 3 aromatic rings. The Hall–Kier alpha value is -3.34. The Balaban J connectivity index is 1.57. The third kappa shape index (κ3) is 4.85. The average Bonchev–Trinajstić information content (AvgIpc) is 2.71. The number of ether oxygens (including phenoxy) is 1. The van der Waals surface area contributed by atoms with Gasteiger partial charge in [0.1, 0.15) is 5.75 Å². The van der Waals surface area contributed by atoms with Crippen LogP contribution in [0.1, 0.15) is 18.9 Å². The normalized spacial score (nSPS) is 11.6. The van der Waals surface area contributed by atoms with Crippen molar-refractivity contribution in [2.75, 3.05) is 0 Å². The molecule has 27 heavy (non-hydrogen) atoms. The van der Waals surface area contributed by atoms with Gasteiger partial charge in [-0.15, -0.1) is 0 Å². The molecule has 138 valence electrons. The molecule has 1 atom stereocenters. The van der Waals surface area contributed by atoms with Crippen LogP contribution in [0.2, 0.25) is 0 Å². The summed E-state index contributed by atoms with van der Waals surface area (Å²) in [6, 6.07) is 22.9. The fraction of sp³-hybridized carbons (Fsp3) is 0.182. The number of nitrogens with one attached hydrogen (secondary N) is 2. The fourth-order valence-electron chi connectivity index (χ4n) is 2.86. The molecule has 0 bridgehead atoms. The van der Waals surface area contributed by atoms with Gasteiger partial charge in [0.2, 0.25) is 5.91 Å². The van der Waals surface area contributed by atoms with Crippen molar-refractivity contribution in [1.29, 1.82) is 0 Å². The lowest BCUT2D eigenvalue weighted by atomic mass is 10.0. The molecule has 3 aromatic carbocycles. The summed E-state index contributed by atoms with van der Waals surface area (Å²) in [6.45, 7) is 1.85. The first-order chi connectivity index (χ1) is 13.2. The van der Waals surface area contributed by atoms with Crippen molar-refractivity contribution in [2.45, 2.75) is 25.9 Å². The minimum atomic E-state index is -0.676.